The van der Waals surface area contributed by atoms with Gasteiger partial charge in [0.2, 0.25) is 5.91 Å². The zero-order valence-electron chi connectivity index (χ0n) is 10.8. The van der Waals surface area contributed by atoms with Gasteiger partial charge in [0.15, 0.2) is 0 Å². The van der Waals surface area contributed by atoms with Gasteiger partial charge in [-0.05, 0) is 25.7 Å². The maximum atomic E-state index is 11.4. The van der Waals surface area contributed by atoms with Crippen LogP contribution in [0.25, 0.3) is 0 Å². The lowest BCUT2D eigenvalue weighted by Crippen LogP contribution is -2.47. The van der Waals surface area contributed by atoms with Crippen molar-refractivity contribution in [3.63, 3.8) is 0 Å². The molecule has 0 rings (SSSR count). The lowest BCUT2D eigenvalue weighted by molar-refractivity contribution is -0.122. The SMILES string of the molecule is CCCC(C)C(CC)N[C@H](C)C(=O)NC. The quantitative estimate of drug-likeness (QED) is 0.680. The Hall–Kier alpha value is -0.570. The monoisotopic (exact) mass is 214 g/mol. The van der Waals surface area contributed by atoms with Gasteiger partial charge in [0.05, 0.1) is 6.04 Å². The van der Waals surface area contributed by atoms with Crippen LogP contribution in [0.3, 0.4) is 0 Å². The molecule has 0 aliphatic rings. The van der Waals surface area contributed by atoms with Crippen LogP contribution in [0.2, 0.25) is 0 Å². The Balaban J connectivity index is 4.13. The van der Waals surface area contributed by atoms with Gasteiger partial charge >= 0.3 is 0 Å². The first kappa shape index (κ1) is 14.4. The number of hydrogen-bond donors (Lipinski definition) is 2. The van der Waals surface area contributed by atoms with Gasteiger partial charge in [-0.15, -0.1) is 0 Å². The van der Waals surface area contributed by atoms with Crippen LogP contribution in [0.5, 0.6) is 0 Å². The molecule has 1 amide bonds. The molecule has 0 aliphatic carbocycles. The minimum atomic E-state index is -0.0979. The topological polar surface area (TPSA) is 41.1 Å². The van der Waals surface area contributed by atoms with E-state index in [-0.39, 0.29) is 11.9 Å². The summed E-state index contributed by atoms with van der Waals surface area (Å²) >= 11 is 0. The first-order valence-corrected chi connectivity index (χ1v) is 6.04. The Bertz CT molecular complexity index is 182. The molecule has 0 heterocycles. The van der Waals surface area contributed by atoms with Crippen LogP contribution in [0.1, 0.15) is 47.0 Å². The van der Waals surface area contributed by atoms with Crippen molar-refractivity contribution < 1.29 is 4.79 Å². The predicted octanol–water partition coefficient (Wildman–Crippen LogP) is 1.93. The number of hydrogen-bond acceptors (Lipinski definition) is 2. The molecule has 0 bridgehead atoms. The van der Waals surface area contributed by atoms with Crippen LogP contribution in [-0.2, 0) is 4.79 Å². The van der Waals surface area contributed by atoms with Crippen molar-refractivity contribution in [3.8, 4) is 0 Å². The zero-order chi connectivity index (χ0) is 11.8. The van der Waals surface area contributed by atoms with Gasteiger partial charge in [-0.3, -0.25) is 4.79 Å². The predicted molar refractivity (Wildman–Crippen MR) is 64.8 cm³/mol. The molecule has 0 saturated heterocycles. The third-order valence-electron chi connectivity index (χ3n) is 2.97. The van der Waals surface area contributed by atoms with Crippen molar-refractivity contribution in [2.45, 2.75) is 59.0 Å². The highest BCUT2D eigenvalue weighted by molar-refractivity contribution is 5.80. The van der Waals surface area contributed by atoms with E-state index in [1.165, 1.54) is 12.8 Å². The first-order valence-electron chi connectivity index (χ1n) is 6.04. The number of carbonyl (C=O) groups is 1. The third kappa shape index (κ3) is 5.17. The van der Waals surface area contributed by atoms with Crippen LogP contribution in [0.4, 0.5) is 0 Å². The highest BCUT2D eigenvalue weighted by Gasteiger charge is 2.19. The molecule has 3 nitrogen and oxygen atoms in total. The van der Waals surface area contributed by atoms with Gasteiger partial charge in [-0.25, -0.2) is 0 Å². The molecule has 0 fully saturated rings. The highest BCUT2D eigenvalue weighted by atomic mass is 16.2. The maximum Gasteiger partial charge on any atom is 0.236 e. The molecule has 0 saturated carbocycles. The number of rotatable bonds is 7. The van der Waals surface area contributed by atoms with E-state index in [1.807, 2.05) is 6.92 Å². The van der Waals surface area contributed by atoms with Gasteiger partial charge in [0.1, 0.15) is 0 Å². The van der Waals surface area contributed by atoms with Crippen LogP contribution < -0.4 is 10.6 Å². The molecular formula is C12H26N2O. The second kappa shape index (κ2) is 7.69. The molecule has 0 spiro atoms. The Kier molecular flexibility index (Phi) is 7.39. The molecule has 0 aliphatic heterocycles. The second-order valence-electron chi connectivity index (χ2n) is 4.28. The molecule has 0 aromatic carbocycles. The third-order valence-corrected chi connectivity index (χ3v) is 2.97. The van der Waals surface area contributed by atoms with Crippen LogP contribution in [-0.4, -0.2) is 25.0 Å². The summed E-state index contributed by atoms with van der Waals surface area (Å²) in [5, 5.41) is 6.05. The molecule has 0 radical (unpaired) electrons. The fourth-order valence-electron chi connectivity index (χ4n) is 1.95. The second-order valence-corrected chi connectivity index (χ2v) is 4.28. The van der Waals surface area contributed by atoms with Crippen molar-refractivity contribution in [1.29, 1.82) is 0 Å². The van der Waals surface area contributed by atoms with Crippen LogP contribution >= 0.6 is 0 Å². The fraction of sp³-hybridized carbons (Fsp3) is 0.917. The van der Waals surface area contributed by atoms with Gasteiger partial charge in [-0.2, -0.15) is 0 Å². The number of nitrogens with one attached hydrogen (secondary N) is 2. The molecular weight excluding hydrogens is 188 g/mol. The van der Waals surface area contributed by atoms with Gasteiger partial charge in [-0.1, -0.05) is 27.2 Å². The van der Waals surface area contributed by atoms with E-state index in [2.05, 4.69) is 31.4 Å². The standard InChI is InChI=1S/C12H26N2O/c1-6-8-9(3)11(7-2)14-10(4)12(15)13-5/h9-11,14H,6-8H2,1-5H3,(H,13,15)/t9?,10-,11?/m1/s1. The van der Waals surface area contributed by atoms with Crippen molar-refractivity contribution in [3.05, 3.63) is 0 Å². The molecule has 0 aromatic heterocycles. The fourth-order valence-corrected chi connectivity index (χ4v) is 1.95. The Morgan fingerprint density at radius 1 is 1.27 bits per heavy atom. The number of likely N-dealkylation sites (N-methyl/N-ethyl adjacent to an activating group) is 1. The van der Waals surface area contributed by atoms with E-state index in [0.29, 0.717) is 12.0 Å². The number of amides is 1. The Morgan fingerprint density at radius 3 is 2.27 bits per heavy atom. The summed E-state index contributed by atoms with van der Waals surface area (Å²) in [6.45, 7) is 8.53. The molecule has 90 valence electrons. The van der Waals surface area contributed by atoms with Gasteiger partial charge in [0.25, 0.3) is 0 Å². The minimum absolute atomic E-state index is 0.0668. The smallest absolute Gasteiger partial charge is 0.236 e. The summed E-state index contributed by atoms with van der Waals surface area (Å²) in [6.07, 6.45) is 3.49. The molecule has 2 unspecified atom stereocenters. The normalized spacial score (nSPS) is 16.9. The van der Waals surface area contributed by atoms with Crippen LogP contribution in [0, 0.1) is 5.92 Å². The van der Waals surface area contributed by atoms with E-state index >= 15 is 0 Å². The summed E-state index contributed by atoms with van der Waals surface area (Å²) in [6, 6.07) is 0.344. The molecule has 0 aromatic rings. The average molecular weight is 214 g/mol. The zero-order valence-corrected chi connectivity index (χ0v) is 10.8. The molecule has 15 heavy (non-hydrogen) atoms. The van der Waals surface area contributed by atoms with E-state index in [0.717, 1.165) is 6.42 Å². The van der Waals surface area contributed by atoms with Crippen molar-refractivity contribution in [2.75, 3.05) is 7.05 Å². The summed E-state index contributed by atoms with van der Waals surface area (Å²) in [5.74, 6) is 0.698. The van der Waals surface area contributed by atoms with E-state index in [1.54, 1.807) is 7.05 Å². The summed E-state index contributed by atoms with van der Waals surface area (Å²) < 4.78 is 0. The molecule has 2 N–H and O–H groups in total. The average Bonchev–Trinajstić information content (AvgIpc) is 2.24. The largest absolute Gasteiger partial charge is 0.358 e. The van der Waals surface area contributed by atoms with Crippen molar-refractivity contribution >= 4 is 5.91 Å². The van der Waals surface area contributed by atoms with Crippen LogP contribution in [0.15, 0.2) is 0 Å². The molecule has 3 atom stereocenters. The number of carbonyl (C=O) groups excluding carboxylic acids is 1. The minimum Gasteiger partial charge on any atom is -0.358 e. The van der Waals surface area contributed by atoms with Crippen molar-refractivity contribution in [2.24, 2.45) is 5.92 Å². The lowest BCUT2D eigenvalue weighted by Gasteiger charge is -2.26. The maximum absolute atomic E-state index is 11.4. The summed E-state index contributed by atoms with van der Waals surface area (Å²) in [7, 11) is 1.68. The Labute approximate surface area is 94.0 Å². The van der Waals surface area contributed by atoms with Gasteiger partial charge in [0, 0.05) is 13.1 Å². The van der Waals surface area contributed by atoms with Crippen molar-refractivity contribution in [1.82, 2.24) is 10.6 Å². The van der Waals surface area contributed by atoms with E-state index in [9.17, 15) is 4.79 Å². The highest BCUT2D eigenvalue weighted by Crippen LogP contribution is 2.13. The molecule has 3 heteroatoms. The Morgan fingerprint density at radius 2 is 1.87 bits per heavy atom. The summed E-state index contributed by atoms with van der Waals surface area (Å²) in [4.78, 5) is 11.4. The van der Waals surface area contributed by atoms with Gasteiger partial charge < -0.3 is 10.6 Å². The first-order chi connectivity index (χ1) is 7.06. The van der Waals surface area contributed by atoms with E-state index in [4.69, 9.17) is 0 Å². The van der Waals surface area contributed by atoms with E-state index < -0.39 is 0 Å². The lowest BCUT2D eigenvalue weighted by atomic mass is 9.94. The summed E-state index contributed by atoms with van der Waals surface area (Å²) in [5.41, 5.74) is 0.